The zero-order chi connectivity index (χ0) is 24.1. The number of nitrogens with zero attached hydrogens (tertiary/aromatic N) is 3. The van der Waals surface area contributed by atoms with E-state index in [-0.39, 0.29) is 18.4 Å². The van der Waals surface area contributed by atoms with Gasteiger partial charge in [-0.15, -0.1) is 0 Å². The molecule has 0 unspecified atom stereocenters. The van der Waals surface area contributed by atoms with Crippen molar-refractivity contribution in [2.75, 3.05) is 39.3 Å². The Balaban J connectivity index is 1.55. The van der Waals surface area contributed by atoms with Gasteiger partial charge < -0.3 is 19.5 Å². The van der Waals surface area contributed by atoms with Crippen molar-refractivity contribution in [1.82, 2.24) is 20.3 Å². The third-order valence-corrected chi connectivity index (χ3v) is 6.25. The van der Waals surface area contributed by atoms with E-state index in [9.17, 15) is 9.59 Å². The van der Waals surface area contributed by atoms with Crippen LogP contribution in [0.2, 0.25) is 0 Å². The number of likely N-dealkylation sites (N-methyl/N-ethyl adjacent to an activating group) is 1. The molecule has 0 spiro atoms. The Kier molecular flexibility index (Phi) is 7.47. The molecule has 0 atom stereocenters. The normalized spacial score (nSPS) is 14.7. The highest BCUT2D eigenvalue weighted by Crippen LogP contribution is 2.29. The van der Waals surface area contributed by atoms with E-state index in [1.54, 1.807) is 0 Å². The molecule has 0 bridgehead atoms. The number of ether oxygens (including phenoxy) is 1. The van der Waals surface area contributed by atoms with Crippen LogP contribution in [-0.4, -0.2) is 66.0 Å². The third-order valence-electron chi connectivity index (χ3n) is 6.25. The highest BCUT2D eigenvalue weighted by Gasteiger charge is 2.24. The van der Waals surface area contributed by atoms with Crippen LogP contribution in [0, 0.1) is 13.8 Å². The Bertz CT molecular complexity index is 1150. The zero-order valence-electron chi connectivity index (χ0n) is 20.1. The minimum absolute atomic E-state index is 0.0202. The molecular formula is C26H32N4O4. The van der Waals surface area contributed by atoms with Crippen molar-refractivity contribution in [2.45, 2.75) is 33.8 Å². The Morgan fingerprint density at radius 2 is 1.85 bits per heavy atom. The minimum Gasteiger partial charge on any atom is -0.488 e. The average molecular weight is 465 g/mol. The van der Waals surface area contributed by atoms with Crippen LogP contribution >= 0.6 is 0 Å². The van der Waals surface area contributed by atoms with E-state index in [0.29, 0.717) is 49.8 Å². The number of hydrogen-bond donors (Lipinski definition) is 1. The van der Waals surface area contributed by atoms with Gasteiger partial charge in [-0.1, -0.05) is 29.4 Å². The van der Waals surface area contributed by atoms with Crippen molar-refractivity contribution in [1.29, 1.82) is 0 Å². The third kappa shape index (κ3) is 5.39. The van der Waals surface area contributed by atoms with Crippen molar-refractivity contribution < 1.29 is 18.8 Å². The average Bonchev–Trinajstić information content (AvgIpc) is 3.00. The summed E-state index contributed by atoms with van der Waals surface area (Å²) in [6, 6.07) is 11.8. The van der Waals surface area contributed by atoms with Crippen LogP contribution in [0.1, 0.15) is 40.7 Å². The molecule has 8 nitrogen and oxygen atoms in total. The van der Waals surface area contributed by atoms with Gasteiger partial charge in [-0.05, 0) is 50.1 Å². The molecule has 0 aliphatic carbocycles. The molecule has 1 saturated heterocycles. The second kappa shape index (κ2) is 10.7. The van der Waals surface area contributed by atoms with Gasteiger partial charge in [0.05, 0.1) is 23.4 Å². The largest absolute Gasteiger partial charge is 0.488 e. The molecule has 1 aromatic heterocycles. The Labute approximate surface area is 199 Å². The molecule has 1 aliphatic rings. The van der Waals surface area contributed by atoms with Crippen LogP contribution in [0.4, 0.5) is 0 Å². The Hall–Kier alpha value is -3.39. The van der Waals surface area contributed by atoms with Gasteiger partial charge in [-0.25, -0.2) is 0 Å². The Morgan fingerprint density at radius 1 is 1.09 bits per heavy atom. The predicted molar refractivity (Wildman–Crippen MR) is 130 cm³/mol. The maximum Gasteiger partial charge on any atom is 0.257 e. The second-order valence-electron chi connectivity index (χ2n) is 8.66. The molecular weight excluding hydrogens is 432 g/mol. The van der Waals surface area contributed by atoms with Crippen molar-refractivity contribution in [3.05, 3.63) is 59.0 Å². The van der Waals surface area contributed by atoms with Gasteiger partial charge in [0.2, 0.25) is 5.91 Å². The molecule has 1 aliphatic heterocycles. The van der Waals surface area contributed by atoms with Crippen LogP contribution in [0.25, 0.3) is 10.8 Å². The number of benzene rings is 2. The summed E-state index contributed by atoms with van der Waals surface area (Å²) in [4.78, 5) is 29.6. The molecule has 1 fully saturated rings. The first-order valence-corrected chi connectivity index (χ1v) is 11.8. The fraction of sp³-hybridized carbons (Fsp3) is 0.423. The maximum atomic E-state index is 13.7. The molecule has 34 heavy (non-hydrogen) atoms. The van der Waals surface area contributed by atoms with Gasteiger partial charge in [0.1, 0.15) is 18.1 Å². The minimum atomic E-state index is -0.0561. The number of carbonyl (C=O) groups excluding carboxylic acids is 2. The highest BCUT2D eigenvalue weighted by atomic mass is 16.5. The standard InChI is InChI=1S/C26H32N4O4/c1-4-27-25(31)16-29-10-7-11-30(13-12-29)26(32)22-14-20-8-5-6-9-21(20)15-24(22)33-17-23-18(2)28-34-19(23)3/h5-6,8-9,14-15H,4,7,10-13,16-17H2,1-3H3,(H,27,31). The molecule has 2 aromatic carbocycles. The summed E-state index contributed by atoms with van der Waals surface area (Å²) < 4.78 is 11.4. The molecule has 4 rings (SSSR count). The Morgan fingerprint density at radius 3 is 2.56 bits per heavy atom. The summed E-state index contributed by atoms with van der Waals surface area (Å²) in [6.07, 6.45) is 0.813. The molecule has 3 aromatic rings. The van der Waals surface area contributed by atoms with Crippen LogP contribution < -0.4 is 10.1 Å². The van der Waals surface area contributed by atoms with E-state index >= 15 is 0 Å². The fourth-order valence-corrected chi connectivity index (χ4v) is 4.32. The first kappa shape index (κ1) is 23.8. The van der Waals surface area contributed by atoms with E-state index in [1.807, 2.05) is 62.1 Å². The molecule has 1 N–H and O–H groups in total. The lowest BCUT2D eigenvalue weighted by Gasteiger charge is -2.23. The first-order chi connectivity index (χ1) is 16.5. The van der Waals surface area contributed by atoms with E-state index in [2.05, 4.69) is 15.4 Å². The number of aryl methyl sites for hydroxylation is 2. The van der Waals surface area contributed by atoms with Crippen molar-refractivity contribution in [3.63, 3.8) is 0 Å². The SMILES string of the molecule is CCNC(=O)CN1CCCN(C(=O)c2cc3ccccc3cc2OCc2c(C)noc2C)CC1. The summed E-state index contributed by atoms with van der Waals surface area (Å²) in [5, 5.41) is 8.84. The first-order valence-electron chi connectivity index (χ1n) is 11.8. The highest BCUT2D eigenvalue weighted by molar-refractivity contribution is 6.01. The summed E-state index contributed by atoms with van der Waals surface area (Å²) in [5.41, 5.74) is 2.22. The molecule has 0 radical (unpaired) electrons. The van der Waals surface area contributed by atoms with Gasteiger partial charge in [0.15, 0.2) is 0 Å². The quantitative estimate of drug-likeness (QED) is 0.577. The van der Waals surface area contributed by atoms with Crippen LogP contribution in [-0.2, 0) is 11.4 Å². The molecule has 8 heteroatoms. The topological polar surface area (TPSA) is 87.9 Å². The van der Waals surface area contributed by atoms with E-state index in [0.717, 1.165) is 35.0 Å². The van der Waals surface area contributed by atoms with Gasteiger partial charge in [0.25, 0.3) is 5.91 Å². The number of fused-ring (bicyclic) bond motifs is 1. The lowest BCUT2D eigenvalue weighted by atomic mass is 10.0. The summed E-state index contributed by atoms with van der Waals surface area (Å²) in [5.74, 6) is 1.23. The van der Waals surface area contributed by atoms with Gasteiger partial charge >= 0.3 is 0 Å². The maximum absolute atomic E-state index is 13.7. The number of nitrogens with one attached hydrogen (secondary N) is 1. The molecule has 0 saturated carbocycles. The molecule has 2 amide bonds. The fourth-order valence-electron chi connectivity index (χ4n) is 4.32. The van der Waals surface area contributed by atoms with Crippen LogP contribution in [0.15, 0.2) is 40.9 Å². The zero-order valence-corrected chi connectivity index (χ0v) is 20.1. The van der Waals surface area contributed by atoms with Gasteiger partial charge in [-0.3, -0.25) is 14.5 Å². The number of amides is 2. The lowest BCUT2D eigenvalue weighted by Crippen LogP contribution is -2.40. The van der Waals surface area contributed by atoms with E-state index in [4.69, 9.17) is 9.26 Å². The summed E-state index contributed by atoms with van der Waals surface area (Å²) in [6.45, 7) is 9.55. The van der Waals surface area contributed by atoms with Gasteiger partial charge in [0, 0.05) is 32.7 Å². The number of carbonyl (C=O) groups is 2. The van der Waals surface area contributed by atoms with E-state index < -0.39 is 0 Å². The van der Waals surface area contributed by atoms with Crippen LogP contribution in [0.3, 0.4) is 0 Å². The van der Waals surface area contributed by atoms with E-state index in [1.165, 1.54) is 0 Å². The number of aromatic nitrogens is 1. The summed E-state index contributed by atoms with van der Waals surface area (Å²) >= 11 is 0. The monoisotopic (exact) mass is 464 g/mol. The second-order valence-corrected chi connectivity index (χ2v) is 8.66. The molecule has 180 valence electrons. The van der Waals surface area contributed by atoms with Crippen molar-refractivity contribution in [3.8, 4) is 5.75 Å². The van der Waals surface area contributed by atoms with Gasteiger partial charge in [-0.2, -0.15) is 0 Å². The molecule has 2 heterocycles. The van der Waals surface area contributed by atoms with Crippen LogP contribution in [0.5, 0.6) is 5.75 Å². The lowest BCUT2D eigenvalue weighted by molar-refractivity contribution is -0.122. The van der Waals surface area contributed by atoms with Crippen molar-refractivity contribution >= 4 is 22.6 Å². The predicted octanol–water partition coefficient (Wildman–Crippen LogP) is 3.31. The van der Waals surface area contributed by atoms with Crippen molar-refractivity contribution in [2.24, 2.45) is 0 Å². The summed E-state index contributed by atoms with van der Waals surface area (Å²) in [7, 11) is 0. The number of rotatable bonds is 7. The smallest absolute Gasteiger partial charge is 0.257 e. The number of hydrogen-bond acceptors (Lipinski definition) is 6.